The average Bonchev–Trinajstić information content (AvgIpc) is 0.713. The fourth-order valence-corrected chi connectivity index (χ4v) is 17.6. The minimum atomic E-state index is -1.56. The maximum absolute atomic E-state index is 13.1. The highest BCUT2D eigenvalue weighted by molar-refractivity contribution is 8.01. The van der Waals surface area contributed by atoms with Gasteiger partial charge in [-0.3, -0.25) is 19.9 Å². The number of amides is 2. The number of carboxylic acid groups (broad SMARTS) is 5. The van der Waals surface area contributed by atoms with Crippen molar-refractivity contribution in [3.8, 4) is 17.2 Å². The number of hydrogen-bond acceptors (Lipinski definition) is 23. The highest BCUT2D eigenvalue weighted by Gasteiger charge is 2.32. The third-order valence-corrected chi connectivity index (χ3v) is 24.8. The van der Waals surface area contributed by atoms with Crippen LogP contribution in [-0.4, -0.2) is 121 Å². The van der Waals surface area contributed by atoms with Gasteiger partial charge in [0.1, 0.15) is 40.3 Å². The van der Waals surface area contributed by atoms with Crippen LogP contribution in [0.25, 0.3) is 42.5 Å². The predicted molar refractivity (Wildman–Crippen MR) is 529 cm³/mol. The second kappa shape index (κ2) is 53.6. The van der Waals surface area contributed by atoms with Crippen LogP contribution in [0.2, 0.25) is 0 Å². The Hall–Kier alpha value is -11.8. The molecule has 26 heteroatoms. The Labute approximate surface area is 793 Å². The van der Waals surface area contributed by atoms with Crippen LogP contribution in [0.15, 0.2) is 217 Å². The molecule has 132 heavy (non-hydrogen) atoms. The number of aliphatic hydroxyl groups excluding tert-OH is 2. The molecule has 0 spiro atoms. The summed E-state index contributed by atoms with van der Waals surface area (Å²) in [5, 5.41) is 98.5. The first-order valence-corrected chi connectivity index (χ1v) is 47.0. The van der Waals surface area contributed by atoms with Crippen molar-refractivity contribution in [2.75, 3.05) is 23.8 Å². The van der Waals surface area contributed by atoms with Gasteiger partial charge in [-0.2, -0.15) is 11.8 Å². The lowest BCUT2D eigenvalue weighted by molar-refractivity contribution is -0.310. The molecule has 6 aromatic carbocycles. The van der Waals surface area contributed by atoms with Gasteiger partial charge in [0.05, 0.1) is 59.2 Å². The van der Waals surface area contributed by atoms with Gasteiger partial charge < -0.3 is 84.6 Å². The molecule has 11 rings (SSSR count). The number of phenolic OH excluding ortho intramolecular Hbond substituents is 1. The number of benzene rings is 6. The van der Waals surface area contributed by atoms with Crippen LogP contribution in [0.1, 0.15) is 194 Å². The van der Waals surface area contributed by atoms with E-state index in [2.05, 4.69) is 105 Å². The normalized spacial score (nSPS) is 16.0. The van der Waals surface area contributed by atoms with Gasteiger partial charge in [-0.15, -0.1) is 35.1 Å². The van der Waals surface area contributed by atoms with E-state index in [1.54, 1.807) is 44.2 Å². The predicted octanol–water partition coefficient (Wildman–Crippen LogP) is 10.2. The molecule has 6 N–H and O–H groups in total. The number of allylic oxidation sites excluding steroid dienone is 6. The van der Waals surface area contributed by atoms with Crippen LogP contribution < -0.4 is 83.4 Å². The molecule has 8 unspecified atom stereocenters. The van der Waals surface area contributed by atoms with Crippen LogP contribution in [0.3, 0.4) is 0 Å². The van der Waals surface area contributed by atoms with Crippen molar-refractivity contribution in [3.05, 3.63) is 307 Å². The number of fused-ring (bicyclic) bond motifs is 3. The summed E-state index contributed by atoms with van der Waals surface area (Å²) in [6.45, 7) is 64.1. The number of nitrogens with zero attached hydrogens (tertiary/aromatic N) is 1. The van der Waals surface area contributed by atoms with E-state index in [1.165, 1.54) is 77.0 Å². The van der Waals surface area contributed by atoms with Gasteiger partial charge in [0.15, 0.2) is 0 Å². The molecular formula is C106H124ClN4O18S3-5. The monoisotopic (exact) mass is 1870 g/mol. The summed E-state index contributed by atoms with van der Waals surface area (Å²) in [5.41, 5.74) is 17.0. The van der Waals surface area contributed by atoms with Crippen molar-refractivity contribution in [1.29, 1.82) is 0 Å². The number of carbonyl (C=O) groups is 7. The molecule has 4 aliphatic rings. The summed E-state index contributed by atoms with van der Waals surface area (Å²) >= 11 is 9.84. The summed E-state index contributed by atoms with van der Waals surface area (Å²) in [6, 6.07) is 31.3. The number of aromatic carboxylic acids is 1. The summed E-state index contributed by atoms with van der Waals surface area (Å²) in [7, 11) is 0. The zero-order chi connectivity index (χ0) is 99.7. The van der Waals surface area contributed by atoms with E-state index in [-0.39, 0.29) is 74.6 Å². The van der Waals surface area contributed by atoms with Crippen LogP contribution >= 0.6 is 46.9 Å². The topological polar surface area (TPSA) is 383 Å². The number of aliphatic hydroxyl groups is 2. The number of aliphatic carboxylic acids is 4. The molecule has 0 fully saturated rings. The number of aliphatic imine (C=N–C) groups is 1. The minimum absolute atomic E-state index is 0.0104. The number of phenols is 1. The van der Waals surface area contributed by atoms with Crippen molar-refractivity contribution in [2.24, 2.45) is 10.9 Å². The van der Waals surface area contributed by atoms with E-state index in [4.69, 9.17) is 20.8 Å². The van der Waals surface area contributed by atoms with E-state index in [0.717, 1.165) is 93.9 Å². The van der Waals surface area contributed by atoms with Crippen LogP contribution in [0.5, 0.6) is 17.2 Å². The lowest BCUT2D eigenvalue weighted by atomic mass is 9.79. The number of hydrogen-bond donors (Lipinski definition) is 6. The standard InChI is InChI=1S/C48H51ClN2O9S2.C22H18O4.C17H22.C11H14N2O5S.4C2H6/c1-24(2)44(51-42(53)21-50-45(54)38-17-31-18-39(49)40(52)20-41(31)60-48(38)59)30(8)61-22-32(29(7)46(55)56)23-62-33-11-14-36(37(19-33)47(57)58)43(34-12-9-25(3)15-27(34)5)35-13-10-26(4)16-28(35)6;1-12-3-6-15(18(9-12)22(24)25)21-16-7-4-13(2)10-19(16)26-20-11-14(23)5-8-17(20)21;1-11(2)17(12(3)4)10-16-9-14(6)13(5)8-15(16)7;1-3-6(14)12-8(11(17)18)9-13-7(10(15)16)5(2)4-19-9;4*1-2/h9-20,30,39-40,44-45,50,52,54H,1,3,21-23H2,2,4-8H3,(H,51,53)(H,55,56)(H,57,58);3-8,10-11,18,23H,2,9H2,1H3,(H,24,25);8-10H,1,3H2,2,4-7H3;8-9H,2-4H2,1H3,(H,12,14)(H,15,16)(H,17,18);4*1-2H3/p-5/b32-29-,43-34+;;;;;;;. The summed E-state index contributed by atoms with van der Waals surface area (Å²) in [4.78, 5) is 99.9. The van der Waals surface area contributed by atoms with Crippen molar-refractivity contribution in [1.82, 2.24) is 16.0 Å². The number of aromatic hydroxyl groups is 1. The molecule has 0 saturated carbocycles. The first-order chi connectivity index (χ1) is 62.4. The molecule has 0 bridgehead atoms. The van der Waals surface area contributed by atoms with E-state index in [0.29, 0.717) is 50.3 Å². The van der Waals surface area contributed by atoms with E-state index in [1.807, 2.05) is 165 Å². The smallest absolute Gasteiger partial charge is 0.343 e. The number of aryl methyl sites for hydroxylation is 6. The van der Waals surface area contributed by atoms with Crippen LogP contribution in [0, 0.1) is 47.5 Å². The first kappa shape index (κ1) is 113. The number of carboxylic acids is 5. The Morgan fingerprint density at radius 3 is 1.89 bits per heavy atom. The number of nitrogens with one attached hydrogen (secondary N) is 3. The second-order valence-electron chi connectivity index (χ2n) is 30.8. The third kappa shape index (κ3) is 31.2. The highest BCUT2D eigenvalue weighted by Crippen LogP contribution is 2.43. The fourth-order valence-electron chi connectivity index (χ4n) is 13.9. The van der Waals surface area contributed by atoms with Gasteiger partial charge >= 0.3 is 5.63 Å². The van der Waals surface area contributed by atoms with Crippen molar-refractivity contribution >= 4 is 137 Å². The number of alkyl halides is 1. The summed E-state index contributed by atoms with van der Waals surface area (Å²) < 4.78 is 11.2. The van der Waals surface area contributed by atoms with Crippen LogP contribution in [-0.2, 0) is 28.8 Å². The Balaban J connectivity index is 0.000000422. The van der Waals surface area contributed by atoms with Gasteiger partial charge in [0.2, 0.25) is 11.8 Å². The molecule has 22 nitrogen and oxygen atoms in total. The summed E-state index contributed by atoms with van der Waals surface area (Å²) in [5.74, 6) is -6.75. The van der Waals surface area contributed by atoms with Gasteiger partial charge in [-0.25, -0.2) is 4.79 Å². The van der Waals surface area contributed by atoms with E-state index in [9.17, 15) is 79.2 Å². The average molecular weight is 1870 g/mol. The molecule has 2 aliphatic heterocycles. The van der Waals surface area contributed by atoms with E-state index < -0.39 is 88.4 Å². The Bertz CT molecular complexity index is 6100. The Morgan fingerprint density at radius 1 is 0.682 bits per heavy atom. The van der Waals surface area contributed by atoms with Crippen molar-refractivity contribution < 1.29 is 83.6 Å². The maximum atomic E-state index is 13.1. The molecule has 2 aliphatic carbocycles. The molecular weight excluding hydrogens is 1750 g/mol. The Kier molecular flexibility index (Phi) is 45.7. The number of carbonyl (C=O) groups excluding carboxylic acids is 7. The zero-order valence-corrected chi connectivity index (χ0v) is 82.6. The highest BCUT2D eigenvalue weighted by atomic mass is 35.5. The number of ether oxygens (including phenoxy) is 1. The van der Waals surface area contributed by atoms with Gasteiger partial charge in [0.25, 0.3) is 0 Å². The van der Waals surface area contributed by atoms with Crippen molar-refractivity contribution in [2.45, 2.75) is 204 Å². The third-order valence-electron chi connectivity index (χ3n) is 20.8. The maximum Gasteiger partial charge on any atom is 0.343 e. The van der Waals surface area contributed by atoms with E-state index >= 15 is 0 Å². The molecule has 3 heterocycles. The van der Waals surface area contributed by atoms with Gasteiger partial charge in [-0.05, 0) is 225 Å². The molecule has 1 aromatic heterocycles. The number of halogens is 1. The summed E-state index contributed by atoms with van der Waals surface area (Å²) in [6.07, 6.45) is 6.69. The molecule has 0 radical (unpaired) electrons. The number of rotatable bonds is 27. The first-order valence-electron chi connectivity index (χ1n) is 43.5. The molecule has 2 amide bonds. The fraction of sp³-hybridized carbons (Fsp3) is 0.330. The Morgan fingerprint density at radius 2 is 1.31 bits per heavy atom. The van der Waals surface area contributed by atoms with Gasteiger partial charge in [0, 0.05) is 78.9 Å². The molecule has 7 aromatic rings. The lowest BCUT2D eigenvalue weighted by Gasteiger charge is -2.30. The molecule has 8 atom stereocenters. The lowest BCUT2D eigenvalue weighted by Crippen LogP contribution is -2.54. The van der Waals surface area contributed by atoms with Gasteiger partial charge in [-0.1, -0.05) is 222 Å². The second-order valence-corrected chi connectivity index (χ2v) is 34.8. The van der Waals surface area contributed by atoms with Crippen molar-refractivity contribution in [3.63, 3.8) is 0 Å². The molecule has 0 saturated heterocycles. The minimum Gasteiger partial charge on any atom is -0.549 e. The largest absolute Gasteiger partial charge is 0.549 e. The van der Waals surface area contributed by atoms with Crippen LogP contribution in [0.4, 0.5) is 0 Å². The zero-order valence-electron chi connectivity index (χ0n) is 79.4. The number of thioether (sulfide) groups is 3. The molecule has 706 valence electrons. The quantitative estimate of drug-likeness (QED) is 0.00696. The SMILES string of the molecule is C=C(C)C(=Cc1cc(C)c(C)cc1C)C(=C)C.C=C(C)C(NC(=O)CNC(O)c1cc2c(oc1=O)=CC(O)C(Cl)C=2)C(C)SC/C(CSc1ccc(/C(c2ccc(C)cc2C)=c2\ccc(=C)cc2C)c(C(=O)[O-])c1)=C(\C)C(=O)[O-].C=C1CSC(C(NC(=O)CC)C(=O)[O-])N=C1C(=O)[O-].C=c1ccc2c(c1)Oc1cc(O)ccc1C=2C1=CC=C(C)CC1C(=O)[O-].CC.CC.CC.CC.